The minimum atomic E-state index is -1.55. The lowest BCUT2D eigenvalue weighted by Crippen LogP contribution is -2.25. The van der Waals surface area contributed by atoms with Gasteiger partial charge in [0.2, 0.25) is 0 Å². The van der Waals surface area contributed by atoms with Crippen LogP contribution in [0.5, 0.6) is 0 Å². The molecule has 0 spiro atoms. The number of hydrogen-bond donors (Lipinski definition) is 4. The van der Waals surface area contributed by atoms with E-state index in [0.717, 1.165) is 18.4 Å². The number of aromatic nitrogens is 1. The smallest absolute Gasteiger partial charge is 0.313 e. The van der Waals surface area contributed by atoms with Crippen molar-refractivity contribution < 1.29 is 39.6 Å². The van der Waals surface area contributed by atoms with Crippen molar-refractivity contribution >= 4 is 23.9 Å². The Balaban J connectivity index is 2.66. The van der Waals surface area contributed by atoms with E-state index in [-0.39, 0.29) is 11.3 Å². The molecule has 1 aliphatic rings. The Labute approximate surface area is 148 Å². The number of aliphatic carboxylic acids is 4. The van der Waals surface area contributed by atoms with Crippen molar-refractivity contribution in [2.45, 2.75) is 50.4 Å². The molecule has 26 heavy (non-hydrogen) atoms. The maximum absolute atomic E-state index is 11.6. The summed E-state index contributed by atoms with van der Waals surface area (Å²) in [5.41, 5.74) is 1.17. The number of carboxylic acids is 4. The fraction of sp³-hybridized carbons (Fsp3) is 0.471. The van der Waals surface area contributed by atoms with Gasteiger partial charge in [-0.25, -0.2) is 0 Å². The number of rotatable bonds is 8. The molecule has 9 nitrogen and oxygen atoms in total. The van der Waals surface area contributed by atoms with Crippen molar-refractivity contribution in [2.24, 2.45) is 0 Å². The van der Waals surface area contributed by atoms with Gasteiger partial charge in [-0.1, -0.05) is 6.07 Å². The van der Waals surface area contributed by atoms with Gasteiger partial charge in [0.05, 0.1) is 24.5 Å². The molecule has 1 heterocycles. The van der Waals surface area contributed by atoms with E-state index >= 15 is 0 Å². The van der Waals surface area contributed by atoms with Crippen LogP contribution >= 0.6 is 0 Å². The van der Waals surface area contributed by atoms with E-state index in [1.807, 2.05) is 0 Å². The number of aryl methyl sites for hydroxylation is 2. The quantitative estimate of drug-likeness (QED) is 0.531. The van der Waals surface area contributed by atoms with Crippen molar-refractivity contribution in [3.8, 4) is 0 Å². The van der Waals surface area contributed by atoms with Gasteiger partial charge in [0.15, 0.2) is 0 Å². The molecule has 0 aromatic carbocycles. The first-order chi connectivity index (χ1) is 12.2. The number of nitrogens with zero attached hydrogens (tertiary/aromatic N) is 1. The molecular weight excluding hydrogens is 346 g/mol. The Kier molecular flexibility index (Phi) is 5.91. The van der Waals surface area contributed by atoms with Gasteiger partial charge in [-0.2, -0.15) is 0 Å². The van der Waals surface area contributed by atoms with Crippen LogP contribution in [0.3, 0.4) is 0 Å². The predicted octanol–water partition coefficient (Wildman–Crippen LogP) is 1.25. The third-order valence-corrected chi connectivity index (χ3v) is 4.42. The summed E-state index contributed by atoms with van der Waals surface area (Å²) in [7, 11) is 0. The van der Waals surface area contributed by atoms with Gasteiger partial charge < -0.3 is 20.4 Å². The highest BCUT2D eigenvalue weighted by atomic mass is 16.4. The molecule has 140 valence electrons. The van der Waals surface area contributed by atoms with Crippen LogP contribution in [0.15, 0.2) is 6.07 Å². The number of pyridine rings is 1. The van der Waals surface area contributed by atoms with Gasteiger partial charge in [-0.15, -0.1) is 0 Å². The van der Waals surface area contributed by atoms with Crippen LogP contribution in [0.4, 0.5) is 0 Å². The van der Waals surface area contributed by atoms with E-state index in [1.54, 1.807) is 0 Å². The van der Waals surface area contributed by atoms with Gasteiger partial charge in [0, 0.05) is 5.69 Å². The Bertz CT molecular complexity index is 694. The van der Waals surface area contributed by atoms with Crippen molar-refractivity contribution in [3.63, 3.8) is 0 Å². The van der Waals surface area contributed by atoms with E-state index in [1.165, 1.54) is 6.07 Å². The Morgan fingerprint density at radius 1 is 0.885 bits per heavy atom. The molecule has 0 saturated carbocycles. The zero-order valence-corrected chi connectivity index (χ0v) is 13.8. The highest BCUT2D eigenvalue weighted by Crippen LogP contribution is 2.33. The first-order valence-electron chi connectivity index (χ1n) is 8.12. The van der Waals surface area contributed by atoms with Crippen LogP contribution in [0.25, 0.3) is 0 Å². The van der Waals surface area contributed by atoms with E-state index in [2.05, 4.69) is 4.98 Å². The molecule has 2 rings (SSSR count). The molecule has 0 aliphatic heterocycles. The van der Waals surface area contributed by atoms with Crippen molar-refractivity contribution in [3.05, 3.63) is 28.6 Å². The highest BCUT2D eigenvalue weighted by molar-refractivity contribution is 5.86. The zero-order chi connectivity index (χ0) is 19.4. The summed E-state index contributed by atoms with van der Waals surface area (Å²) >= 11 is 0. The molecule has 9 heteroatoms. The Morgan fingerprint density at radius 3 is 1.96 bits per heavy atom. The van der Waals surface area contributed by atoms with Crippen LogP contribution in [0, 0.1) is 0 Å². The molecular formula is C17H19NO8. The van der Waals surface area contributed by atoms with Crippen molar-refractivity contribution in [1.82, 2.24) is 4.98 Å². The fourth-order valence-electron chi connectivity index (χ4n) is 3.21. The maximum Gasteiger partial charge on any atom is 0.313 e. The van der Waals surface area contributed by atoms with E-state index in [4.69, 9.17) is 10.2 Å². The number of carbonyl (C=O) groups is 4. The monoisotopic (exact) mass is 365 g/mol. The summed E-state index contributed by atoms with van der Waals surface area (Å²) in [5, 5.41) is 36.9. The summed E-state index contributed by atoms with van der Waals surface area (Å²) in [6.07, 6.45) is 1.40. The normalized spacial score (nSPS) is 15.5. The van der Waals surface area contributed by atoms with Crippen LogP contribution in [0.1, 0.15) is 60.0 Å². The lowest BCUT2D eigenvalue weighted by atomic mass is 9.84. The Hall–Kier alpha value is -2.97. The minimum Gasteiger partial charge on any atom is -0.481 e. The molecule has 0 amide bonds. The number of fused-ring (bicyclic) bond motifs is 1. The molecule has 1 aromatic rings. The lowest BCUT2D eigenvalue weighted by Gasteiger charge is -2.23. The molecule has 0 bridgehead atoms. The van der Waals surface area contributed by atoms with Crippen LogP contribution in [-0.4, -0.2) is 49.3 Å². The van der Waals surface area contributed by atoms with Crippen molar-refractivity contribution in [2.75, 3.05) is 0 Å². The summed E-state index contributed by atoms with van der Waals surface area (Å²) < 4.78 is 0. The van der Waals surface area contributed by atoms with Gasteiger partial charge in [-0.05, 0) is 36.8 Å². The van der Waals surface area contributed by atoms with E-state index in [9.17, 15) is 29.4 Å². The molecule has 0 saturated heterocycles. The zero-order valence-electron chi connectivity index (χ0n) is 13.8. The SMILES string of the molecule is O=C(O)CC(C(=O)O)c1cc2c(nc1C(CC(=O)O)C(=O)O)CCCC2. The highest BCUT2D eigenvalue weighted by Gasteiger charge is 2.34. The Morgan fingerprint density at radius 2 is 1.42 bits per heavy atom. The first kappa shape index (κ1) is 19.4. The molecule has 1 aliphatic carbocycles. The van der Waals surface area contributed by atoms with Gasteiger partial charge in [0.1, 0.15) is 5.92 Å². The molecule has 4 N–H and O–H groups in total. The lowest BCUT2D eigenvalue weighted by molar-refractivity contribution is -0.146. The van der Waals surface area contributed by atoms with Gasteiger partial charge in [0.25, 0.3) is 0 Å². The average molecular weight is 365 g/mol. The van der Waals surface area contributed by atoms with Gasteiger partial charge in [-0.3, -0.25) is 24.2 Å². The summed E-state index contributed by atoms with van der Waals surface area (Å²) in [5.74, 6) is -8.65. The molecule has 0 radical (unpaired) electrons. The average Bonchev–Trinajstić information content (AvgIpc) is 2.55. The van der Waals surface area contributed by atoms with Crippen LogP contribution in [0.2, 0.25) is 0 Å². The topological polar surface area (TPSA) is 162 Å². The largest absolute Gasteiger partial charge is 0.481 e. The third kappa shape index (κ3) is 4.35. The molecule has 2 unspecified atom stereocenters. The minimum absolute atomic E-state index is 0.0331. The molecule has 2 atom stereocenters. The fourth-order valence-corrected chi connectivity index (χ4v) is 3.21. The van der Waals surface area contributed by atoms with Crippen LogP contribution < -0.4 is 0 Å². The van der Waals surface area contributed by atoms with E-state index in [0.29, 0.717) is 18.5 Å². The third-order valence-electron chi connectivity index (χ3n) is 4.42. The van der Waals surface area contributed by atoms with Gasteiger partial charge >= 0.3 is 23.9 Å². The summed E-state index contributed by atoms with van der Waals surface area (Å²) in [6.45, 7) is 0. The molecule has 1 aromatic heterocycles. The predicted molar refractivity (Wildman–Crippen MR) is 86.1 cm³/mol. The second kappa shape index (κ2) is 7.94. The summed E-state index contributed by atoms with van der Waals surface area (Å²) in [6, 6.07) is 1.50. The first-order valence-corrected chi connectivity index (χ1v) is 8.12. The molecule has 0 fully saturated rings. The summed E-state index contributed by atoms with van der Waals surface area (Å²) in [4.78, 5) is 49.7. The maximum atomic E-state index is 11.6. The standard InChI is InChI=1S/C17H19NO8/c19-13(20)6-10(16(23)24)9-5-8-3-1-2-4-12(8)18-15(9)11(17(25)26)7-14(21)22/h5,10-11H,1-4,6-7H2,(H,19,20)(H,21,22)(H,23,24)(H,25,26). The van der Waals surface area contributed by atoms with Crippen LogP contribution in [-0.2, 0) is 32.0 Å². The van der Waals surface area contributed by atoms with Crippen molar-refractivity contribution in [1.29, 1.82) is 0 Å². The number of carboxylic acid groups (broad SMARTS) is 4. The van der Waals surface area contributed by atoms with E-state index < -0.39 is 48.6 Å². The second-order valence-corrected chi connectivity index (χ2v) is 6.25. The number of hydrogen-bond acceptors (Lipinski definition) is 5. The second-order valence-electron chi connectivity index (χ2n) is 6.25.